The molecule has 4 rings (SSSR count). The first kappa shape index (κ1) is 30.9. The number of nitrogens with zero attached hydrogens (tertiary/aromatic N) is 3. The molecular weight excluding hydrogens is 534 g/mol. The van der Waals surface area contributed by atoms with Gasteiger partial charge in [-0.15, -0.1) is 0 Å². The summed E-state index contributed by atoms with van der Waals surface area (Å²) in [6.07, 6.45) is 2.85. The first-order valence-electron chi connectivity index (χ1n) is 14.2. The lowest BCUT2D eigenvalue weighted by molar-refractivity contribution is -0.134. The van der Waals surface area contributed by atoms with E-state index in [1.54, 1.807) is 26.1 Å². The summed E-state index contributed by atoms with van der Waals surface area (Å²) in [4.78, 5) is 51.7. The molecule has 0 saturated carbocycles. The fourth-order valence-corrected chi connectivity index (χ4v) is 4.92. The number of hydrogen-bond donors (Lipinski definition) is 4. The molecule has 3 aromatic rings. The van der Waals surface area contributed by atoms with E-state index in [4.69, 9.17) is 4.74 Å². The number of anilines is 3. The van der Waals surface area contributed by atoms with E-state index in [0.717, 1.165) is 22.6 Å². The Kier molecular flexibility index (Phi) is 9.43. The van der Waals surface area contributed by atoms with Gasteiger partial charge in [-0.2, -0.15) is 0 Å². The first-order valence-corrected chi connectivity index (χ1v) is 14.2. The third-order valence-electron chi connectivity index (χ3n) is 7.60. The maximum Gasteiger partial charge on any atom is 0.257 e. The molecule has 0 bridgehead atoms. The Balaban J connectivity index is 1.88. The topological polar surface area (TPSA) is 138 Å². The van der Waals surface area contributed by atoms with Crippen molar-refractivity contribution in [1.29, 1.82) is 0 Å². The molecule has 1 aromatic heterocycles. The number of hydrogen-bond acceptors (Lipinski definition) is 9. The highest BCUT2D eigenvalue weighted by atomic mass is 16.5. The van der Waals surface area contributed by atoms with Crippen LogP contribution in [0.4, 0.5) is 17.2 Å². The van der Waals surface area contributed by atoms with Gasteiger partial charge in [0.1, 0.15) is 23.9 Å². The van der Waals surface area contributed by atoms with E-state index >= 15 is 0 Å². The molecule has 0 unspecified atom stereocenters. The van der Waals surface area contributed by atoms with Gasteiger partial charge in [0.05, 0.1) is 30.4 Å². The second-order valence-electron chi connectivity index (χ2n) is 11.7. The number of imide groups is 1. The summed E-state index contributed by atoms with van der Waals surface area (Å²) < 4.78 is 5.73. The number of rotatable bonds is 9. The van der Waals surface area contributed by atoms with E-state index < -0.39 is 35.4 Å². The van der Waals surface area contributed by atoms with Crippen LogP contribution in [0.15, 0.2) is 42.7 Å². The molecule has 42 heavy (non-hydrogen) atoms. The molecule has 0 radical (unpaired) electrons. The van der Waals surface area contributed by atoms with E-state index in [9.17, 15) is 14.4 Å². The fraction of sp³-hybridized carbons (Fsp3) is 0.452. The Labute approximate surface area is 246 Å². The molecule has 11 nitrogen and oxygen atoms in total. The van der Waals surface area contributed by atoms with Gasteiger partial charge in [-0.25, -0.2) is 14.9 Å². The molecule has 2 aromatic carbocycles. The highest BCUT2D eigenvalue weighted by molar-refractivity contribution is 6.20. The minimum Gasteiger partial charge on any atom is -0.494 e. The molecule has 11 heteroatoms. The molecule has 4 N–H and O–H groups in total. The van der Waals surface area contributed by atoms with Gasteiger partial charge < -0.3 is 26.0 Å². The monoisotopic (exact) mass is 575 g/mol. The Morgan fingerprint density at radius 2 is 1.88 bits per heavy atom. The zero-order valence-corrected chi connectivity index (χ0v) is 25.4. The number of ether oxygens (including phenoxy) is 1. The maximum atomic E-state index is 14.5. The lowest BCUT2D eigenvalue weighted by atomic mass is 9.85. The molecule has 3 atom stereocenters. The van der Waals surface area contributed by atoms with Gasteiger partial charge in [0, 0.05) is 17.1 Å². The number of methoxy groups -OCH3 is 1. The van der Waals surface area contributed by atoms with Gasteiger partial charge in [-0.1, -0.05) is 39.0 Å². The minimum atomic E-state index is -1.01. The van der Waals surface area contributed by atoms with Crippen LogP contribution in [0, 0.1) is 12.3 Å². The van der Waals surface area contributed by atoms with Crippen LogP contribution < -0.4 is 30.9 Å². The number of aromatic nitrogens is 2. The van der Waals surface area contributed by atoms with Crippen LogP contribution >= 0.6 is 0 Å². The highest BCUT2D eigenvalue weighted by Gasteiger charge is 2.42. The van der Waals surface area contributed by atoms with E-state index in [1.807, 2.05) is 52.0 Å². The Bertz CT molecular complexity index is 1460. The molecule has 3 amide bonds. The van der Waals surface area contributed by atoms with E-state index in [1.165, 1.54) is 13.4 Å². The molecule has 1 saturated heterocycles. The van der Waals surface area contributed by atoms with Crippen LogP contribution in [-0.4, -0.2) is 66.5 Å². The van der Waals surface area contributed by atoms with Crippen molar-refractivity contribution in [3.8, 4) is 5.75 Å². The fourth-order valence-electron chi connectivity index (χ4n) is 4.92. The highest BCUT2D eigenvalue weighted by Crippen LogP contribution is 2.38. The molecule has 2 heterocycles. The minimum absolute atomic E-state index is 0.251. The third-order valence-corrected chi connectivity index (χ3v) is 7.60. The number of para-hydroxylation sites is 1. The standard InChI is InChI=1S/C31H41N7O4/c1-18-11-8-9-12-21(18)36-27-20-15-24(25(42-7)16-23(20)34-17-35-27)38(29(40)22-13-10-14-33-22)30(41)26(31(3,4)5)37-28(39)19(2)32-6/h8-9,11-12,15-17,19,22,26,32-33H,10,13-14H2,1-7H3,(H,37,39)(H,34,35,36)/t19-,22-,26+/m0/s1. The van der Waals surface area contributed by atoms with Crippen molar-refractivity contribution in [2.24, 2.45) is 5.41 Å². The van der Waals surface area contributed by atoms with Crippen molar-refractivity contribution in [1.82, 2.24) is 25.9 Å². The molecule has 1 fully saturated rings. The van der Waals surface area contributed by atoms with Crippen LogP contribution in [0.1, 0.15) is 46.1 Å². The zero-order chi connectivity index (χ0) is 30.6. The summed E-state index contributed by atoms with van der Waals surface area (Å²) in [5.41, 5.74) is 2.00. The SMILES string of the molecule is CN[C@@H](C)C(=O)N[C@H](C(=O)N(C(=O)[C@@H]1CCCN1)c1cc2c(Nc3ccccc3C)ncnc2cc1OC)C(C)(C)C. The molecular formula is C31H41N7O4. The van der Waals surface area contributed by atoms with Crippen molar-refractivity contribution in [3.05, 3.63) is 48.3 Å². The quantitative estimate of drug-likeness (QED) is 0.302. The van der Waals surface area contributed by atoms with Gasteiger partial charge in [-0.05, 0) is 63.4 Å². The summed E-state index contributed by atoms with van der Waals surface area (Å²) in [5.74, 6) is -0.502. The van der Waals surface area contributed by atoms with Crippen LogP contribution in [0.3, 0.4) is 0 Å². The number of amides is 3. The molecule has 1 aliphatic heterocycles. The normalized spacial score (nSPS) is 16.5. The molecule has 0 aliphatic carbocycles. The first-order chi connectivity index (χ1) is 20.0. The van der Waals surface area contributed by atoms with Gasteiger partial charge in [0.15, 0.2) is 0 Å². The number of aryl methyl sites for hydroxylation is 1. The average Bonchev–Trinajstić information content (AvgIpc) is 3.51. The van der Waals surface area contributed by atoms with Crippen LogP contribution in [-0.2, 0) is 14.4 Å². The van der Waals surface area contributed by atoms with Crippen molar-refractivity contribution in [2.75, 3.05) is 30.9 Å². The molecule has 1 aliphatic rings. The second kappa shape index (κ2) is 12.8. The smallest absolute Gasteiger partial charge is 0.257 e. The van der Waals surface area contributed by atoms with Crippen LogP contribution in [0.5, 0.6) is 5.75 Å². The van der Waals surface area contributed by atoms with E-state index in [0.29, 0.717) is 35.4 Å². The second-order valence-corrected chi connectivity index (χ2v) is 11.7. The maximum absolute atomic E-state index is 14.5. The van der Waals surface area contributed by atoms with Crippen molar-refractivity contribution in [2.45, 2.75) is 65.6 Å². The van der Waals surface area contributed by atoms with Gasteiger partial charge in [0.25, 0.3) is 11.8 Å². The van der Waals surface area contributed by atoms with E-state index in [-0.39, 0.29) is 11.6 Å². The Morgan fingerprint density at radius 3 is 2.50 bits per heavy atom. The van der Waals surface area contributed by atoms with Crippen molar-refractivity contribution < 1.29 is 19.1 Å². The summed E-state index contributed by atoms with van der Waals surface area (Å²) in [5, 5.41) is 13.0. The number of benzene rings is 2. The molecule has 0 spiro atoms. The van der Waals surface area contributed by atoms with Gasteiger partial charge in [-0.3, -0.25) is 14.4 Å². The van der Waals surface area contributed by atoms with E-state index in [2.05, 4.69) is 31.2 Å². The largest absolute Gasteiger partial charge is 0.494 e. The lowest BCUT2D eigenvalue weighted by Crippen LogP contribution is -2.60. The van der Waals surface area contributed by atoms with Crippen molar-refractivity contribution >= 4 is 45.8 Å². The summed E-state index contributed by atoms with van der Waals surface area (Å²) in [7, 11) is 3.15. The predicted molar refractivity (Wildman–Crippen MR) is 164 cm³/mol. The summed E-state index contributed by atoms with van der Waals surface area (Å²) >= 11 is 0. The number of likely N-dealkylation sites (N-methyl/N-ethyl adjacent to an activating group) is 1. The average molecular weight is 576 g/mol. The summed E-state index contributed by atoms with van der Waals surface area (Å²) in [6.45, 7) is 9.93. The number of nitrogens with one attached hydrogen (secondary N) is 4. The van der Waals surface area contributed by atoms with Crippen LogP contribution in [0.25, 0.3) is 10.9 Å². The number of carbonyl (C=O) groups is 3. The Hall–Kier alpha value is -4.09. The van der Waals surface area contributed by atoms with Gasteiger partial charge in [0.2, 0.25) is 5.91 Å². The predicted octanol–water partition coefficient (Wildman–Crippen LogP) is 3.44. The lowest BCUT2D eigenvalue weighted by Gasteiger charge is -2.36. The van der Waals surface area contributed by atoms with Gasteiger partial charge >= 0.3 is 0 Å². The summed E-state index contributed by atoms with van der Waals surface area (Å²) in [6, 6.07) is 9.11. The number of fused-ring (bicyclic) bond motifs is 1. The number of carbonyl (C=O) groups excluding carboxylic acids is 3. The molecule has 224 valence electrons. The van der Waals surface area contributed by atoms with Crippen molar-refractivity contribution in [3.63, 3.8) is 0 Å². The Morgan fingerprint density at radius 1 is 1.14 bits per heavy atom. The zero-order valence-electron chi connectivity index (χ0n) is 25.4. The third kappa shape index (κ3) is 6.52. The van der Waals surface area contributed by atoms with Crippen LogP contribution in [0.2, 0.25) is 0 Å².